The van der Waals surface area contributed by atoms with Crippen LogP contribution in [-0.4, -0.2) is 42.3 Å². The molecule has 1 heterocycles. The van der Waals surface area contributed by atoms with E-state index in [0.717, 1.165) is 32.1 Å². The van der Waals surface area contributed by atoms with Crippen molar-refractivity contribution >= 4 is 10.0 Å². The highest BCUT2D eigenvalue weighted by Crippen LogP contribution is 2.38. The molecule has 2 aliphatic rings. The first-order valence-electron chi connectivity index (χ1n) is 6.12. The normalized spacial score (nSPS) is 34.0. The Morgan fingerprint density at radius 1 is 1.31 bits per heavy atom. The van der Waals surface area contributed by atoms with Crippen molar-refractivity contribution < 1.29 is 13.5 Å². The first kappa shape index (κ1) is 12.3. The molecule has 0 bridgehead atoms. The van der Waals surface area contributed by atoms with Crippen LogP contribution in [0.25, 0.3) is 0 Å². The average Bonchev–Trinajstić information content (AvgIpc) is 2.53. The summed E-state index contributed by atoms with van der Waals surface area (Å²) < 4.78 is 25.7. The molecule has 0 spiro atoms. The second-order valence-electron chi connectivity index (χ2n) is 5.36. The molecule has 0 aromatic rings. The van der Waals surface area contributed by atoms with E-state index in [2.05, 4.69) is 0 Å². The maximum absolute atomic E-state index is 12.1. The molecule has 1 saturated carbocycles. The smallest absolute Gasteiger partial charge is 0.215 e. The molecule has 1 saturated heterocycles. The molecular formula is C11H21NO3S. The Morgan fingerprint density at radius 3 is 2.38 bits per heavy atom. The van der Waals surface area contributed by atoms with Crippen LogP contribution in [0.15, 0.2) is 0 Å². The molecule has 1 atom stereocenters. The summed E-state index contributed by atoms with van der Waals surface area (Å²) in [7, 11) is -3.13. The quantitative estimate of drug-likeness (QED) is 0.791. The van der Waals surface area contributed by atoms with Crippen molar-refractivity contribution in [2.75, 3.05) is 18.9 Å². The molecular weight excluding hydrogens is 226 g/mol. The molecule has 0 radical (unpaired) electrons. The third-order valence-corrected chi connectivity index (χ3v) is 6.11. The standard InChI is InChI=1S/C11H21NO3S/c1-10-7-12(16(14,15)8-10)11(9-13)5-3-2-4-6-11/h10,13H,2-9H2,1H3. The minimum atomic E-state index is -3.13. The second kappa shape index (κ2) is 4.27. The number of aliphatic hydroxyl groups excluding tert-OH is 1. The Labute approximate surface area is 97.7 Å². The predicted octanol–water partition coefficient (Wildman–Crippen LogP) is 0.963. The SMILES string of the molecule is CC1CN(C2(CO)CCCCC2)S(=O)(=O)C1. The average molecular weight is 247 g/mol. The maximum atomic E-state index is 12.1. The zero-order chi connectivity index (χ0) is 11.8. The zero-order valence-electron chi connectivity index (χ0n) is 9.85. The highest BCUT2D eigenvalue weighted by atomic mass is 32.2. The van der Waals surface area contributed by atoms with E-state index in [0.29, 0.717) is 6.54 Å². The number of nitrogens with zero attached hydrogens (tertiary/aromatic N) is 1. The van der Waals surface area contributed by atoms with Crippen molar-refractivity contribution in [2.24, 2.45) is 5.92 Å². The number of sulfonamides is 1. The summed E-state index contributed by atoms with van der Waals surface area (Å²) in [6, 6.07) is 0. The van der Waals surface area contributed by atoms with E-state index in [4.69, 9.17) is 0 Å². The number of hydrogen-bond acceptors (Lipinski definition) is 3. The molecule has 0 amide bonds. The van der Waals surface area contributed by atoms with Gasteiger partial charge in [-0.3, -0.25) is 0 Å². The molecule has 94 valence electrons. The second-order valence-corrected chi connectivity index (χ2v) is 7.30. The van der Waals surface area contributed by atoms with Crippen LogP contribution in [0.4, 0.5) is 0 Å². The van der Waals surface area contributed by atoms with Gasteiger partial charge in [0, 0.05) is 6.54 Å². The minimum Gasteiger partial charge on any atom is -0.394 e. The van der Waals surface area contributed by atoms with Crippen LogP contribution in [0.5, 0.6) is 0 Å². The molecule has 2 fully saturated rings. The van der Waals surface area contributed by atoms with Crippen molar-refractivity contribution in [1.29, 1.82) is 0 Å². The molecule has 1 N–H and O–H groups in total. The topological polar surface area (TPSA) is 57.6 Å². The van der Waals surface area contributed by atoms with Crippen LogP contribution in [0.3, 0.4) is 0 Å². The first-order chi connectivity index (χ1) is 7.50. The number of hydrogen-bond donors (Lipinski definition) is 1. The van der Waals surface area contributed by atoms with Crippen LogP contribution < -0.4 is 0 Å². The van der Waals surface area contributed by atoms with E-state index in [9.17, 15) is 13.5 Å². The van der Waals surface area contributed by atoms with Crippen molar-refractivity contribution in [2.45, 2.75) is 44.6 Å². The molecule has 0 aromatic heterocycles. The van der Waals surface area contributed by atoms with Gasteiger partial charge in [0.25, 0.3) is 0 Å². The number of aliphatic hydroxyl groups is 1. The third kappa shape index (κ3) is 2.00. The van der Waals surface area contributed by atoms with Crippen LogP contribution in [0.2, 0.25) is 0 Å². The summed E-state index contributed by atoms with van der Waals surface area (Å²) >= 11 is 0. The van der Waals surface area contributed by atoms with Gasteiger partial charge in [-0.2, -0.15) is 4.31 Å². The van der Waals surface area contributed by atoms with Crippen LogP contribution in [0, 0.1) is 5.92 Å². The molecule has 2 rings (SSSR count). The molecule has 1 aliphatic heterocycles. The molecule has 4 nitrogen and oxygen atoms in total. The van der Waals surface area contributed by atoms with Gasteiger partial charge in [0.05, 0.1) is 17.9 Å². The van der Waals surface area contributed by atoms with Crippen LogP contribution >= 0.6 is 0 Å². The Bertz CT molecular complexity index is 346. The molecule has 16 heavy (non-hydrogen) atoms. The van der Waals surface area contributed by atoms with E-state index in [1.807, 2.05) is 6.92 Å². The Hall–Kier alpha value is -0.130. The van der Waals surface area contributed by atoms with Gasteiger partial charge in [-0.25, -0.2) is 8.42 Å². The predicted molar refractivity (Wildman–Crippen MR) is 62.6 cm³/mol. The lowest BCUT2D eigenvalue weighted by Gasteiger charge is -2.42. The van der Waals surface area contributed by atoms with E-state index >= 15 is 0 Å². The minimum absolute atomic E-state index is 0.0288. The van der Waals surface area contributed by atoms with Gasteiger partial charge in [0.2, 0.25) is 10.0 Å². The Morgan fingerprint density at radius 2 is 1.94 bits per heavy atom. The van der Waals surface area contributed by atoms with Gasteiger partial charge in [0.1, 0.15) is 0 Å². The fourth-order valence-electron chi connectivity index (χ4n) is 3.08. The van der Waals surface area contributed by atoms with Gasteiger partial charge in [-0.1, -0.05) is 26.2 Å². The van der Waals surface area contributed by atoms with Crippen molar-refractivity contribution in [3.63, 3.8) is 0 Å². The van der Waals surface area contributed by atoms with Gasteiger partial charge in [0.15, 0.2) is 0 Å². The summed E-state index contributed by atoms with van der Waals surface area (Å²) in [4.78, 5) is 0. The van der Waals surface area contributed by atoms with Crippen molar-refractivity contribution in [3.8, 4) is 0 Å². The highest BCUT2D eigenvalue weighted by Gasteiger charge is 2.47. The largest absolute Gasteiger partial charge is 0.394 e. The molecule has 1 aliphatic carbocycles. The Balaban J connectivity index is 2.27. The third-order valence-electron chi connectivity index (χ3n) is 3.92. The summed E-state index contributed by atoms with van der Waals surface area (Å²) in [6.07, 6.45) is 4.85. The van der Waals surface area contributed by atoms with E-state index in [1.54, 1.807) is 4.31 Å². The lowest BCUT2D eigenvalue weighted by Crippen LogP contribution is -2.53. The van der Waals surface area contributed by atoms with Crippen LogP contribution in [0.1, 0.15) is 39.0 Å². The van der Waals surface area contributed by atoms with Gasteiger partial charge < -0.3 is 5.11 Å². The van der Waals surface area contributed by atoms with E-state index in [-0.39, 0.29) is 18.3 Å². The summed E-state index contributed by atoms with van der Waals surface area (Å²) in [5.41, 5.74) is -0.484. The van der Waals surface area contributed by atoms with Crippen molar-refractivity contribution in [3.05, 3.63) is 0 Å². The van der Waals surface area contributed by atoms with E-state index in [1.165, 1.54) is 0 Å². The van der Waals surface area contributed by atoms with E-state index < -0.39 is 15.6 Å². The maximum Gasteiger partial charge on any atom is 0.215 e. The van der Waals surface area contributed by atoms with Gasteiger partial charge >= 0.3 is 0 Å². The fourth-order valence-corrected chi connectivity index (χ4v) is 5.40. The van der Waals surface area contributed by atoms with Gasteiger partial charge in [-0.15, -0.1) is 0 Å². The fraction of sp³-hybridized carbons (Fsp3) is 1.00. The highest BCUT2D eigenvalue weighted by molar-refractivity contribution is 7.89. The monoisotopic (exact) mass is 247 g/mol. The summed E-state index contributed by atoms with van der Waals surface area (Å²) in [5, 5.41) is 9.61. The van der Waals surface area contributed by atoms with Crippen molar-refractivity contribution in [1.82, 2.24) is 4.31 Å². The first-order valence-corrected chi connectivity index (χ1v) is 7.72. The zero-order valence-corrected chi connectivity index (χ0v) is 10.7. The molecule has 1 unspecified atom stereocenters. The molecule has 0 aromatic carbocycles. The Kier molecular flexibility index (Phi) is 3.29. The number of rotatable bonds is 2. The van der Waals surface area contributed by atoms with Gasteiger partial charge in [-0.05, 0) is 18.8 Å². The summed E-state index contributed by atoms with van der Waals surface area (Å²) in [5.74, 6) is 0.435. The summed E-state index contributed by atoms with van der Waals surface area (Å²) in [6.45, 7) is 2.52. The molecule has 5 heteroatoms. The van der Waals surface area contributed by atoms with Crippen LogP contribution in [-0.2, 0) is 10.0 Å². The lowest BCUT2D eigenvalue weighted by molar-refractivity contribution is 0.0574. The lowest BCUT2D eigenvalue weighted by atomic mass is 9.82.